The van der Waals surface area contributed by atoms with Crippen LogP contribution in [0.5, 0.6) is 5.75 Å². The van der Waals surface area contributed by atoms with Gasteiger partial charge in [0.05, 0.1) is 17.8 Å². The van der Waals surface area contributed by atoms with E-state index in [2.05, 4.69) is 19.9 Å². The smallest absolute Gasteiger partial charge is 0.428 e. The Bertz CT molecular complexity index is 1540. The number of rotatable bonds is 7. The van der Waals surface area contributed by atoms with Gasteiger partial charge in [0.1, 0.15) is 10.7 Å². The lowest BCUT2D eigenvalue weighted by Gasteiger charge is -2.24. The minimum Gasteiger partial charge on any atom is -0.428 e. The summed E-state index contributed by atoms with van der Waals surface area (Å²) in [5.74, 6) is -9.65. The van der Waals surface area contributed by atoms with Gasteiger partial charge in [0.15, 0.2) is 17.3 Å². The minimum atomic E-state index is -6.18. The Kier molecular flexibility index (Phi) is 7.03. The van der Waals surface area contributed by atoms with Crippen molar-refractivity contribution in [3.63, 3.8) is 0 Å². The summed E-state index contributed by atoms with van der Waals surface area (Å²) in [6.07, 6.45) is -2.42. The van der Waals surface area contributed by atoms with E-state index in [9.17, 15) is 45.6 Å². The number of carbonyl (C=O) groups excluding carboxylic acids is 2. The van der Waals surface area contributed by atoms with Crippen molar-refractivity contribution in [2.75, 3.05) is 0 Å². The van der Waals surface area contributed by atoms with E-state index < -0.39 is 53.3 Å². The minimum absolute atomic E-state index is 0.0716. The van der Waals surface area contributed by atoms with Crippen molar-refractivity contribution >= 4 is 23.4 Å². The zero-order valence-corrected chi connectivity index (χ0v) is 20.9. The summed E-state index contributed by atoms with van der Waals surface area (Å²) in [7, 11) is 0.908. The summed E-state index contributed by atoms with van der Waals surface area (Å²) in [6.45, 7) is -2.70. The van der Waals surface area contributed by atoms with Gasteiger partial charge >= 0.3 is 18.7 Å². The Morgan fingerprint density at radius 3 is 2.38 bits per heavy atom. The van der Waals surface area contributed by atoms with Crippen LogP contribution in [-0.2, 0) is 17.8 Å². The molecule has 212 valence electrons. The fourth-order valence-electron chi connectivity index (χ4n) is 3.89. The number of imide groups is 1. The van der Waals surface area contributed by atoms with Gasteiger partial charge < -0.3 is 4.74 Å². The Morgan fingerprint density at radius 2 is 1.85 bits per heavy atom. The molecule has 0 atom stereocenters. The summed E-state index contributed by atoms with van der Waals surface area (Å²) in [6, 6.07) is 3.11. The number of nitrogens with zero attached hydrogens (tertiary/aromatic N) is 7. The summed E-state index contributed by atoms with van der Waals surface area (Å²) in [4.78, 5) is 30.0. The van der Waals surface area contributed by atoms with E-state index in [1.165, 1.54) is 6.07 Å². The van der Waals surface area contributed by atoms with Crippen LogP contribution >= 0.6 is 11.6 Å². The molecule has 3 heterocycles. The number of aromatic nitrogens is 5. The second kappa shape index (κ2) is 9.77. The van der Waals surface area contributed by atoms with Gasteiger partial charge in [0, 0.05) is 37.5 Å². The van der Waals surface area contributed by atoms with Crippen molar-refractivity contribution in [2.24, 2.45) is 7.05 Å². The number of ether oxygens (including phenoxy) is 1. The first kappa shape index (κ1) is 28.8. The zero-order chi connectivity index (χ0) is 29.8. The van der Waals surface area contributed by atoms with Gasteiger partial charge in [-0.2, -0.15) is 46.2 Å². The maximum absolute atomic E-state index is 14.1. The van der Waals surface area contributed by atoms with Crippen LogP contribution in [0.15, 0.2) is 24.7 Å². The second-order valence-electron chi connectivity index (χ2n) is 8.61. The van der Waals surface area contributed by atoms with Gasteiger partial charge in [0.2, 0.25) is 5.91 Å². The molecule has 0 N–H and O–H groups in total. The average Bonchev–Trinajstić information content (AvgIpc) is 3.34. The van der Waals surface area contributed by atoms with Gasteiger partial charge in [0.25, 0.3) is 5.91 Å². The number of carbonyl (C=O) groups is 2. The molecule has 0 aliphatic heterocycles. The molecule has 1 fully saturated rings. The largest absolute Gasteiger partial charge is 0.459 e. The van der Waals surface area contributed by atoms with Crippen molar-refractivity contribution < 1.29 is 45.1 Å². The molecule has 10 nitrogen and oxygen atoms in total. The molecule has 0 unspecified atom stereocenters. The van der Waals surface area contributed by atoms with Crippen molar-refractivity contribution in [1.82, 2.24) is 29.4 Å². The predicted molar refractivity (Wildman–Crippen MR) is 120 cm³/mol. The first-order valence-electron chi connectivity index (χ1n) is 11.0. The normalized spacial score (nSPS) is 14.7. The lowest BCUT2D eigenvalue weighted by molar-refractivity contribution is -0.291. The van der Waals surface area contributed by atoms with Crippen LogP contribution in [-0.4, -0.2) is 59.6 Å². The van der Waals surface area contributed by atoms with Crippen LogP contribution < -0.4 is 4.74 Å². The molecule has 1 aliphatic rings. The van der Waals surface area contributed by atoms with Gasteiger partial charge in [-0.15, -0.1) is 0 Å². The predicted octanol–water partition coefficient (Wildman–Crippen LogP) is 4.62. The highest BCUT2D eigenvalue weighted by molar-refractivity contribution is 6.33. The van der Waals surface area contributed by atoms with Crippen LogP contribution in [0.1, 0.15) is 35.8 Å². The first-order chi connectivity index (χ1) is 18.5. The van der Waals surface area contributed by atoms with Gasteiger partial charge in [-0.1, -0.05) is 11.6 Å². The Balaban J connectivity index is 1.77. The maximum atomic E-state index is 14.1. The summed E-state index contributed by atoms with van der Waals surface area (Å²) >= 11 is 6.08. The van der Waals surface area contributed by atoms with Crippen LogP contribution in [0, 0.1) is 11.3 Å². The van der Waals surface area contributed by atoms with E-state index >= 15 is 0 Å². The number of nitriles is 1. The summed E-state index contributed by atoms with van der Waals surface area (Å²) < 4.78 is 98.4. The number of hydrogen-bond acceptors (Lipinski definition) is 7. The van der Waals surface area contributed by atoms with E-state index in [1.807, 2.05) is 6.07 Å². The third kappa shape index (κ3) is 4.83. The van der Waals surface area contributed by atoms with Crippen LogP contribution in [0.3, 0.4) is 0 Å². The van der Waals surface area contributed by atoms with Gasteiger partial charge in [-0.05, 0) is 18.9 Å². The lowest BCUT2D eigenvalue weighted by Crippen LogP contribution is -2.44. The fourth-order valence-corrected chi connectivity index (χ4v) is 4.08. The molecule has 0 radical (unpaired) electrons. The van der Waals surface area contributed by atoms with Crippen LogP contribution in [0.2, 0.25) is 5.15 Å². The number of halogens is 8. The second-order valence-corrected chi connectivity index (χ2v) is 8.97. The monoisotopic (exact) mass is 593 g/mol. The molecular weight excluding hydrogens is 579 g/mol. The third-order valence-corrected chi connectivity index (χ3v) is 6.22. The fraction of sp³-hybridized carbons (Fsp3) is 0.364. The molecule has 2 amide bonds. The number of alkyl halides is 7. The number of pyridine rings is 1. The molecule has 0 spiro atoms. The molecule has 0 aromatic carbocycles. The van der Waals surface area contributed by atoms with E-state index in [0.29, 0.717) is 9.36 Å². The highest BCUT2D eigenvalue weighted by Gasteiger charge is 2.62. The summed E-state index contributed by atoms with van der Waals surface area (Å²) in [5.41, 5.74) is -3.54. The highest BCUT2D eigenvalue weighted by atomic mass is 35.5. The summed E-state index contributed by atoms with van der Waals surface area (Å²) in [5, 5.41) is 16.0. The Labute approximate surface area is 224 Å². The highest BCUT2D eigenvalue weighted by Crippen LogP contribution is 2.48. The first-order valence-corrected chi connectivity index (χ1v) is 11.4. The number of amides is 2. The molecular formula is C22H15ClF7N7O3. The van der Waals surface area contributed by atoms with E-state index in [0.717, 1.165) is 37.5 Å². The number of hydrogen-bond donors (Lipinski definition) is 0. The van der Waals surface area contributed by atoms with Crippen molar-refractivity contribution in [3.8, 4) is 28.8 Å². The molecule has 3 aromatic heterocycles. The molecule has 3 aromatic rings. The Morgan fingerprint density at radius 1 is 1.20 bits per heavy atom. The van der Waals surface area contributed by atoms with Gasteiger partial charge in [-0.25, -0.2) is 14.3 Å². The molecule has 40 heavy (non-hydrogen) atoms. The van der Waals surface area contributed by atoms with Gasteiger partial charge in [-0.3, -0.25) is 14.5 Å². The molecule has 0 saturated heterocycles. The van der Waals surface area contributed by atoms with Crippen LogP contribution in [0.4, 0.5) is 30.7 Å². The lowest BCUT2D eigenvalue weighted by atomic mass is 10.1. The van der Waals surface area contributed by atoms with E-state index in [-0.39, 0.29) is 34.7 Å². The Hall–Kier alpha value is -4.20. The molecule has 1 saturated carbocycles. The average molecular weight is 594 g/mol. The topological polar surface area (TPSA) is 119 Å². The number of aryl methyl sites for hydroxylation is 1. The third-order valence-electron chi connectivity index (χ3n) is 5.92. The van der Waals surface area contributed by atoms with Crippen molar-refractivity contribution in [2.45, 2.75) is 44.0 Å². The van der Waals surface area contributed by atoms with E-state index in [4.69, 9.17) is 11.6 Å². The molecule has 1 aliphatic carbocycles. The maximum Gasteiger partial charge on any atom is 0.459 e. The molecule has 0 bridgehead atoms. The van der Waals surface area contributed by atoms with Crippen molar-refractivity contribution in [1.29, 1.82) is 5.26 Å². The van der Waals surface area contributed by atoms with Crippen LogP contribution in [0.25, 0.3) is 16.9 Å². The van der Waals surface area contributed by atoms with Crippen molar-refractivity contribution in [3.05, 3.63) is 41.1 Å². The zero-order valence-electron chi connectivity index (χ0n) is 20.2. The molecule has 4 rings (SSSR count). The standard InChI is InChI=1S/C22H15ClF7N7O3/c1-10(38)37(20(9-31)3-4-20)18(39)13-5-11(6-32-16(13)23)12-7-33-36(8-12)17-14(40-19(24)25)15(34-35(17)2)21(26,27)22(28,29)30/h5-8,19H,3-4H2,1-2H3. The van der Waals surface area contributed by atoms with E-state index in [1.54, 1.807) is 0 Å². The molecule has 18 heteroatoms. The quantitative estimate of drug-likeness (QED) is 0.290. The SMILES string of the molecule is CC(=O)N(C(=O)c1cc(-c2cnn(-c3c(OC(F)F)c(C(F)(F)C(F)(F)F)nn3C)c2)cnc1Cl)C1(C#N)CC1.